The number of rotatable bonds is 8. The Balaban J connectivity index is 1.54. The maximum atomic E-state index is 9.71. The lowest BCUT2D eigenvalue weighted by molar-refractivity contribution is 0.318. The van der Waals surface area contributed by atoms with E-state index in [9.17, 15) is 5.11 Å². The number of hydrogen-bond donors (Lipinski definition) is 3. The van der Waals surface area contributed by atoms with Gasteiger partial charge >= 0.3 is 0 Å². The van der Waals surface area contributed by atoms with Gasteiger partial charge in [-0.15, -0.1) is 5.10 Å². The van der Waals surface area contributed by atoms with Gasteiger partial charge in [-0.1, -0.05) is 39.8 Å². The van der Waals surface area contributed by atoms with Crippen LogP contribution in [0.2, 0.25) is 0 Å². The van der Waals surface area contributed by atoms with E-state index in [1.807, 2.05) is 19.1 Å². The molecule has 7 nitrogen and oxygen atoms in total. The van der Waals surface area contributed by atoms with Crippen molar-refractivity contribution in [3.8, 4) is 11.5 Å². The first-order valence-corrected chi connectivity index (χ1v) is 9.96. The molecular weight excluding hydrogens is 430 g/mol. The Morgan fingerprint density at radius 2 is 2.22 bits per heavy atom. The molecule has 0 saturated heterocycles. The summed E-state index contributed by atoms with van der Waals surface area (Å²) < 4.78 is 6.40. The standard InChI is InChI=1S/C18H18BrN5O2S/c1-2-26-16-9-12(6-7-15(16)25)10-20-22-17-21-18(24-23-17)27-11-13-4-3-5-14(19)8-13/h3-10,25H,2,11H2,1H3,(H2,21,22,23,24). The van der Waals surface area contributed by atoms with Crippen LogP contribution >= 0.6 is 27.7 Å². The summed E-state index contributed by atoms with van der Waals surface area (Å²) in [6.07, 6.45) is 1.61. The van der Waals surface area contributed by atoms with Gasteiger partial charge in [-0.3, -0.25) is 0 Å². The first-order valence-electron chi connectivity index (χ1n) is 8.18. The number of nitrogens with zero attached hydrogens (tertiary/aromatic N) is 3. The van der Waals surface area contributed by atoms with E-state index >= 15 is 0 Å². The molecule has 0 radical (unpaired) electrons. The van der Waals surface area contributed by atoms with Crippen LogP contribution in [-0.2, 0) is 5.75 Å². The van der Waals surface area contributed by atoms with Crippen LogP contribution in [0.1, 0.15) is 18.1 Å². The Morgan fingerprint density at radius 1 is 1.33 bits per heavy atom. The molecule has 3 rings (SSSR count). The van der Waals surface area contributed by atoms with Gasteiger partial charge in [0.05, 0.1) is 12.8 Å². The second-order valence-corrected chi connectivity index (χ2v) is 7.27. The number of halogens is 1. The lowest BCUT2D eigenvalue weighted by Gasteiger charge is -2.05. The molecule has 1 aromatic heterocycles. The number of aromatic nitrogens is 3. The molecule has 27 heavy (non-hydrogen) atoms. The average Bonchev–Trinajstić information content (AvgIpc) is 3.11. The van der Waals surface area contributed by atoms with Crippen LogP contribution in [0.25, 0.3) is 0 Å². The largest absolute Gasteiger partial charge is 0.504 e. The van der Waals surface area contributed by atoms with E-state index in [2.05, 4.69) is 53.8 Å². The molecule has 0 saturated carbocycles. The third-order valence-electron chi connectivity index (χ3n) is 3.39. The second kappa shape index (κ2) is 9.43. The molecule has 0 spiro atoms. The first-order chi connectivity index (χ1) is 13.1. The number of phenolic OH excluding ortho intramolecular Hbond substituents is 1. The smallest absolute Gasteiger partial charge is 0.240 e. The predicted octanol–water partition coefficient (Wildman–Crippen LogP) is 4.41. The third kappa shape index (κ3) is 5.73. The monoisotopic (exact) mass is 447 g/mol. The van der Waals surface area contributed by atoms with Gasteiger partial charge in [0.1, 0.15) is 0 Å². The lowest BCUT2D eigenvalue weighted by atomic mass is 10.2. The topological polar surface area (TPSA) is 95.4 Å². The van der Waals surface area contributed by atoms with Gasteiger partial charge in [-0.25, -0.2) is 10.5 Å². The highest BCUT2D eigenvalue weighted by atomic mass is 79.9. The van der Waals surface area contributed by atoms with Crippen LogP contribution in [0.5, 0.6) is 11.5 Å². The highest BCUT2D eigenvalue weighted by molar-refractivity contribution is 9.10. The van der Waals surface area contributed by atoms with Crippen molar-refractivity contribution in [2.75, 3.05) is 12.0 Å². The number of thioether (sulfide) groups is 1. The summed E-state index contributed by atoms with van der Waals surface area (Å²) in [5.41, 5.74) is 4.77. The number of aromatic hydroxyl groups is 1. The summed E-state index contributed by atoms with van der Waals surface area (Å²) in [4.78, 5) is 4.34. The normalized spacial score (nSPS) is 11.0. The Labute approximate surface area is 169 Å². The zero-order valence-electron chi connectivity index (χ0n) is 14.5. The number of nitrogens with one attached hydrogen (secondary N) is 2. The van der Waals surface area contributed by atoms with E-state index in [0.29, 0.717) is 23.5 Å². The number of benzene rings is 2. The van der Waals surface area contributed by atoms with Crippen molar-refractivity contribution in [1.82, 2.24) is 15.2 Å². The molecule has 0 bridgehead atoms. The van der Waals surface area contributed by atoms with Crippen molar-refractivity contribution >= 4 is 39.9 Å². The highest BCUT2D eigenvalue weighted by Crippen LogP contribution is 2.26. The molecule has 2 aromatic carbocycles. The summed E-state index contributed by atoms with van der Waals surface area (Å²) in [6, 6.07) is 13.1. The van der Waals surface area contributed by atoms with Gasteiger partial charge in [-0.2, -0.15) is 10.1 Å². The second-order valence-electron chi connectivity index (χ2n) is 5.42. The molecule has 0 aliphatic heterocycles. The van der Waals surface area contributed by atoms with Gasteiger partial charge in [-0.05, 0) is 48.4 Å². The summed E-state index contributed by atoms with van der Waals surface area (Å²) in [5.74, 6) is 1.75. The molecule has 1 heterocycles. The van der Waals surface area contributed by atoms with Crippen LogP contribution in [0.4, 0.5) is 5.95 Å². The molecule has 140 valence electrons. The van der Waals surface area contributed by atoms with Crippen molar-refractivity contribution in [2.45, 2.75) is 17.8 Å². The quantitative estimate of drug-likeness (QED) is 0.269. The van der Waals surface area contributed by atoms with E-state index in [-0.39, 0.29) is 5.75 Å². The minimum Gasteiger partial charge on any atom is -0.504 e. The molecule has 0 atom stereocenters. The Bertz CT molecular complexity index is 932. The summed E-state index contributed by atoms with van der Waals surface area (Å²) in [6.45, 7) is 2.34. The average molecular weight is 448 g/mol. The van der Waals surface area contributed by atoms with Gasteiger partial charge < -0.3 is 9.84 Å². The van der Waals surface area contributed by atoms with Crippen LogP contribution in [-0.4, -0.2) is 33.1 Å². The zero-order valence-corrected chi connectivity index (χ0v) is 16.9. The number of ether oxygens (including phenoxy) is 1. The Kier molecular flexibility index (Phi) is 6.72. The Hall–Kier alpha value is -2.52. The molecule has 9 heteroatoms. The van der Waals surface area contributed by atoms with Crippen molar-refractivity contribution in [1.29, 1.82) is 0 Å². The minimum atomic E-state index is 0.101. The number of hydrazone groups is 1. The van der Waals surface area contributed by atoms with E-state index in [1.165, 1.54) is 17.3 Å². The van der Waals surface area contributed by atoms with Crippen LogP contribution in [0.3, 0.4) is 0 Å². The van der Waals surface area contributed by atoms with Crippen molar-refractivity contribution in [3.05, 3.63) is 58.1 Å². The van der Waals surface area contributed by atoms with Crippen LogP contribution in [0.15, 0.2) is 57.2 Å². The maximum Gasteiger partial charge on any atom is 0.240 e. The van der Waals surface area contributed by atoms with Gasteiger partial charge in [0, 0.05) is 10.2 Å². The molecule has 0 unspecified atom stereocenters. The fraction of sp³-hybridized carbons (Fsp3) is 0.167. The SMILES string of the molecule is CCOc1cc(C=NNc2nc(SCc3cccc(Br)c3)n[nH]2)ccc1O. The summed E-state index contributed by atoms with van der Waals surface area (Å²) >= 11 is 4.99. The number of anilines is 1. The van der Waals surface area contributed by atoms with E-state index in [1.54, 1.807) is 24.4 Å². The first kappa shape index (κ1) is 19.2. The number of phenols is 1. The van der Waals surface area contributed by atoms with Gasteiger partial charge in [0.2, 0.25) is 11.1 Å². The van der Waals surface area contributed by atoms with Gasteiger partial charge in [0.15, 0.2) is 11.5 Å². The molecule has 0 aliphatic carbocycles. The minimum absolute atomic E-state index is 0.101. The molecular formula is C18H18BrN5O2S. The molecule has 3 aromatic rings. The highest BCUT2D eigenvalue weighted by Gasteiger charge is 2.05. The summed E-state index contributed by atoms with van der Waals surface area (Å²) in [5, 5.41) is 21.4. The van der Waals surface area contributed by atoms with Crippen LogP contribution in [0, 0.1) is 0 Å². The van der Waals surface area contributed by atoms with E-state index < -0.39 is 0 Å². The molecule has 0 aliphatic rings. The number of aromatic amines is 1. The third-order valence-corrected chi connectivity index (χ3v) is 4.80. The van der Waals surface area contributed by atoms with Crippen molar-refractivity contribution in [2.24, 2.45) is 5.10 Å². The summed E-state index contributed by atoms with van der Waals surface area (Å²) in [7, 11) is 0. The fourth-order valence-corrected chi connectivity index (χ4v) is 3.37. The van der Waals surface area contributed by atoms with E-state index in [0.717, 1.165) is 15.8 Å². The van der Waals surface area contributed by atoms with Crippen LogP contribution < -0.4 is 10.2 Å². The Morgan fingerprint density at radius 3 is 3.04 bits per heavy atom. The van der Waals surface area contributed by atoms with Crippen molar-refractivity contribution < 1.29 is 9.84 Å². The molecule has 3 N–H and O–H groups in total. The predicted molar refractivity (Wildman–Crippen MR) is 111 cm³/mol. The number of H-pyrrole nitrogens is 1. The fourth-order valence-electron chi connectivity index (χ4n) is 2.19. The molecule has 0 amide bonds. The maximum absolute atomic E-state index is 9.71. The number of hydrogen-bond acceptors (Lipinski definition) is 7. The lowest BCUT2D eigenvalue weighted by Crippen LogP contribution is -1.95. The molecule has 0 fully saturated rings. The van der Waals surface area contributed by atoms with Gasteiger partial charge in [0.25, 0.3) is 0 Å². The van der Waals surface area contributed by atoms with Crippen molar-refractivity contribution in [3.63, 3.8) is 0 Å². The zero-order chi connectivity index (χ0) is 19.1. The van der Waals surface area contributed by atoms with E-state index in [4.69, 9.17) is 4.74 Å².